The van der Waals surface area contributed by atoms with Crippen LogP contribution in [0.2, 0.25) is 0 Å². The van der Waals surface area contributed by atoms with Crippen molar-refractivity contribution in [3.63, 3.8) is 0 Å². The van der Waals surface area contributed by atoms with Gasteiger partial charge in [0.15, 0.2) is 0 Å². The molecule has 2 aromatic rings. The van der Waals surface area contributed by atoms with Crippen LogP contribution in [-0.2, 0) is 11.2 Å². The van der Waals surface area contributed by atoms with E-state index in [1.807, 2.05) is 61.5 Å². The van der Waals surface area contributed by atoms with Crippen LogP contribution in [0, 0.1) is 0 Å². The Kier molecular flexibility index (Phi) is 3.52. The van der Waals surface area contributed by atoms with Gasteiger partial charge in [-0.15, -0.1) is 0 Å². The van der Waals surface area contributed by atoms with Gasteiger partial charge >= 0.3 is 0 Å². The minimum Gasteiger partial charge on any atom is -0.376 e. The predicted octanol–water partition coefficient (Wildman–Crippen LogP) is 2.73. The summed E-state index contributed by atoms with van der Waals surface area (Å²) in [4.78, 5) is 14.5. The lowest BCUT2D eigenvalue weighted by Crippen LogP contribution is -2.33. The number of carbonyl (C=O) groups excluding carboxylic acids is 1. The van der Waals surface area contributed by atoms with E-state index in [1.54, 1.807) is 0 Å². The Morgan fingerprint density at radius 1 is 1.14 bits per heavy atom. The van der Waals surface area contributed by atoms with Gasteiger partial charge in [0.25, 0.3) is 0 Å². The third-order valence-electron chi connectivity index (χ3n) is 3.73. The largest absolute Gasteiger partial charge is 0.376 e. The first-order valence-electron chi connectivity index (χ1n) is 7.07. The Bertz CT molecular complexity index is 642. The van der Waals surface area contributed by atoms with Gasteiger partial charge in [-0.05, 0) is 23.8 Å². The highest BCUT2D eigenvalue weighted by atomic mass is 16.2. The molecule has 2 N–H and O–H groups in total. The van der Waals surface area contributed by atoms with Crippen molar-refractivity contribution < 1.29 is 4.79 Å². The second kappa shape index (κ2) is 5.48. The zero-order valence-electron chi connectivity index (χ0n) is 12.3. The normalized spacial score (nSPS) is 16.0. The monoisotopic (exact) mass is 281 g/mol. The molecule has 0 aromatic heterocycles. The quantitative estimate of drug-likeness (QED) is 0.909. The van der Waals surface area contributed by atoms with Crippen LogP contribution < -0.4 is 15.5 Å². The van der Waals surface area contributed by atoms with Crippen molar-refractivity contribution in [3.8, 4) is 0 Å². The molecule has 21 heavy (non-hydrogen) atoms. The van der Waals surface area contributed by atoms with Crippen molar-refractivity contribution in [2.75, 3.05) is 29.6 Å². The maximum Gasteiger partial charge on any atom is 0.247 e. The van der Waals surface area contributed by atoms with Gasteiger partial charge in [-0.25, -0.2) is 0 Å². The number of fused-ring (bicyclic) bond motifs is 1. The topological polar surface area (TPSA) is 44.4 Å². The molecule has 0 aliphatic carbocycles. The van der Waals surface area contributed by atoms with Gasteiger partial charge in [0.05, 0.1) is 11.4 Å². The number of rotatable bonds is 3. The van der Waals surface area contributed by atoms with Gasteiger partial charge < -0.3 is 15.5 Å². The van der Waals surface area contributed by atoms with Crippen molar-refractivity contribution in [1.82, 2.24) is 0 Å². The van der Waals surface area contributed by atoms with Crippen molar-refractivity contribution in [2.45, 2.75) is 12.5 Å². The predicted molar refractivity (Wildman–Crippen MR) is 87.0 cm³/mol. The molecular formula is C17H19N3O. The van der Waals surface area contributed by atoms with Crippen molar-refractivity contribution in [2.24, 2.45) is 0 Å². The number of nitrogens with zero attached hydrogens (tertiary/aromatic N) is 1. The van der Waals surface area contributed by atoms with Gasteiger partial charge in [-0.3, -0.25) is 4.79 Å². The first-order valence-corrected chi connectivity index (χ1v) is 7.07. The molecule has 0 bridgehead atoms. The number of para-hydroxylation sites is 3. The van der Waals surface area contributed by atoms with E-state index in [1.165, 1.54) is 5.56 Å². The molecular weight excluding hydrogens is 262 g/mol. The van der Waals surface area contributed by atoms with E-state index in [9.17, 15) is 4.79 Å². The number of anilines is 3. The summed E-state index contributed by atoms with van der Waals surface area (Å²) in [6, 6.07) is 15.7. The average molecular weight is 281 g/mol. The van der Waals surface area contributed by atoms with Crippen LogP contribution in [0.5, 0.6) is 0 Å². The van der Waals surface area contributed by atoms with Crippen molar-refractivity contribution >= 4 is 23.0 Å². The Hall–Kier alpha value is -2.49. The Labute approximate surface area is 124 Å². The number of hydrogen-bond donors (Lipinski definition) is 2. The Morgan fingerprint density at radius 3 is 2.62 bits per heavy atom. The van der Waals surface area contributed by atoms with E-state index in [0.29, 0.717) is 0 Å². The molecule has 0 radical (unpaired) electrons. The van der Waals surface area contributed by atoms with E-state index in [-0.39, 0.29) is 11.9 Å². The molecule has 1 amide bonds. The van der Waals surface area contributed by atoms with Gasteiger partial charge in [-0.2, -0.15) is 0 Å². The fourth-order valence-electron chi connectivity index (χ4n) is 2.65. The number of hydrogen-bond acceptors (Lipinski definition) is 3. The number of benzene rings is 2. The number of carbonyl (C=O) groups is 1. The molecule has 2 aromatic carbocycles. The third kappa shape index (κ3) is 2.70. The molecule has 0 fully saturated rings. The third-order valence-corrected chi connectivity index (χ3v) is 3.73. The molecule has 4 nitrogen and oxygen atoms in total. The van der Waals surface area contributed by atoms with E-state index in [0.717, 1.165) is 23.5 Å². The minimum absolute atomic E-state index is 0.000463. The van der Waals surface area contributed by atoms with Crippen LogP contribution in [0.15, 0.2) is 48.5 Å². The molecule has 108 valence electrons. The van der Waals surface area contributed by atoms with E-state index >= 15 is 0 Å². The lowest BCUT2D eigenvalue weighted by atomic mass is 10.1. The summed E-state index contributed by atoms with van der Waals surface area (Å²) >= 11 is 0. The van der Waals surface area contributed by atoms with Crippen molar-refractivity contribution in [3.05, 3.63) is 54.1 Å². The Morgan fingerprint density at radius 2 is 1.86 bits per heavy atom. The van der Waals surface area contributed by atoms with Gasteiger partial charge in [0.2, 0.25) is 5.91 Å². The Balaban J connectivity index is 1.74. The van der Waals surface area contributed by atoms with Crippen LogP contribution >= 0.6 is 0 Å². The summed E-state index contributed by atoms with van der Waals surface area (Å²) in [7, 11) is 3.93. The summed E-state index contributed by atoms with van der Waals surface area (Å²) in [5.41, 5.74) is 4.09. The van der Waals surface area contributed by atoms with E-state index < -0.39 is 0 Å². The molecule has 1 aliphatic heterocycles. The average Bonchev–Trinajstić information content (AvgIpc) is 2.91. The maximum absolute atomic E-state index is 12.5. The summed E-state index contributed by atoms with van der Waals surface area (Å²) in [5, 5.41) is 6.30. The van der Waals surface area contributed by atoms with Crippen LogP contribution in [0.4, 0.5) is 17.1 Å². The summed E-state index contributed by atoms with van der Waals surface area (Å²) in [5.74, 6) is 0.000463. The lowest BCUT2D eigenvalue weighted by molar-refractivity contribution is -0.116. The molecule has 4 heteroatoms. The summed E-state index contributed by atoms with van der Waals surface area (Å²) < 4.78 is 0. The smallest absolute Gasteiger partial charge is 0.247 e. The van der Waals surface area contributed by atoms with Gasteiger partial charge in [-0.1, -0.05) is 30.3 Å². The lowest BCUT2D eigenvalue weighted by Gasteiger charge is -2.19. The second-order valence-electron chi connectivity index (χ2n) is 5.46. The summed E-state index contributed by atoms with van der Waals surface area (Å²) in [6.45, 7) is 0. The maximum atomic E-state index is 12.5. The molecule has 1 heterocycles. The molecule has 3 rings (SSSR count). The van der Waals surface area contributed by atoms with Crippen LogP contribution in [0.25, 0.3) is 0 Å². The van der Waals surface area contributed by atoms with Crippen molar-refractivity contribution in [1.29, 1.82) is 0 Å². The SMILES string of the molecule is CN(C)c1ccccc1NC(=O)[C@@H]1Cc2ccccc2N1. The second-order valence-corrected chi connectivity index (χ2v) is 5.46. The van der Waals surface area contributed by atoms with Gasteiger partial charge in [0.1, 0.15) is 6.04 Å². The van der Waals surface area contributed by atoms with Crippen LogP contribution in [0.1, 0.15) is 5.56 Å². The zero-order valence-corrected chi connectivity index (χ0v) is 12.3. The number of nitrogens with one attached hydrogen (secondary N) is 2. The highest BCUT2D eigenvalue weighted by Gasteiger charge is 2.26. The van der Waals surface area contributed by atoms with Crippen LogP contribution in [0.3, 0.4) is 0 Å². The molecule has 0 unspecified atom stereocenters. The molecule has 0 saturated carbocycles. The van der Waals surface area contributed by atoms with E-state index in [4.69, 9.17) is 0 Å². The minimum atomic E-state index is -0.211. The van der Waals surface area contributed by atoms with Gasteiger partial charge in [0, 0.05) is 26.2 Å². The van der Waals surface area contributed by atoms with Crippen LogP contribution in [-0.4, -0.2) is 26.0 Å². The zero-order chi connectivity index (χ0) is 14.8. The highest BCUT2D eigenvalue weighted by Crippen LogP contribution is 2.27. The molecule has 1 atom stereocenters. The fraction of sp³-hybridized carbons (Fsp3) is 0.235. The molecule has 0 saturated heterocycles. The first-order chi connectivity index (χ1) is 10.1. The first kappa shape index (κ1) is 13.5. The molecule has 1 aliphatic rings. The molecule has 0 spiro atoms. The highest BCUT2D eigenvalue weighted by molar-refractivity contribution is 6.00. The summed E-state index contributed by atoms with van der Waals surface area (Å²) in [6.07, 6.45) is 0.728. The standard InChI is InChI=1S/C17H19N3O/c1-20(2)16-10-6-5-9-14(16)19-17(21)15-11-12-7-3-4-8-13(12)18-15/h3-10,15,18H,11H2,1-2H3,(H,19,21)/t15-/m0/s1. The van der Waals surface area contributed by atoms with E-state index in [2.05, 4.69) is 16.7 Å². The fourth-order valence-corrected chi connectivity index (χ4v) is 2.65. The number of amides is 1.